The summed E-state index contributed by atoms with van der Waals surface area (Å²) in [6.07, 6.45) is 1.92. The van der Waals surface area contributed by atoms with Gasteiger partial charge in [0.05, 0.1) is 0 Å². The zero-order valence-electron chi connectivity index (χ0n) is 10.1. The molecule has 1 aliphatic heterocycles. The third-order valence-electron chi connectivity index (χ3n) is 2.66. The molecular weight excluding hydrogens is 224 g/mol. The van der Waals surface area contributed by atoms with Gasteiger partial charge in [-0.25, -0.2) is 4.79 Å². The number of nitrogens with zero attached hydrogens (tertiary/aromatic N) is 1. The molecule has 6 heteroatoms. The van der Waals surface area contributed by atoms with Crippen molar-refractivity contribution in [3.8, 4) is 0 Å². The zero-order chi connectivity index (χ0) is 13.0. The minimum atomic E-state index is -1.05. The Morgan fingerprint density at radius 1 is 1.29 bits per heavy atom. The minimum absolute atomic E-state index is 0.139. The Morgan fingerprint density at radius 2 is 1.94 bits per heavy atom. The maximum atomic E-state index is 11.8. The standard InChI is InChI=1S/C11H18N2O4/c1-7(2)12-9(14)10(15)13-6-4-3-5-8(13)11(16)17/h7-8H,3-6H2,1-2H3,(H,12,14)(H,16,17). The summed E-state index contributed by atoms with van der Waals surface area (Å²) in [5, 5.41) is 11.5. The van der Waals surface area contributed by atoms with Gasteiger partial charge in [0, 0.05) is 12.6 Å². The van der Waals surface area contributed by atoms with Gasteiger partial charge >= 0.3 is 17.8 Å². The van der Waals surface area contributed by atoms with Crippen molar-refractivity contribution in [2.75, 3.05) is 6.54 Å². The van der Waals surface area contributed by atoms with Crippen molar-refractivity contribution in [1.82, 2.24) is 10.2 Å². The summed E-state index contributed by atoms with van der Waals surface area (Å²) in [4.78, 5) is 35.5. The Kier molecular flexibility index (Phi) is 4.48. The number of carbonyl (C=O) groups is 3. The number of carbonyl (C=O) groups excluding carboxylic acids is 2. The Balaban J connectivity index is 2.71. The highest BCUT2D eigenvalue weighted by atomic mass is 16.4. The molecule has 1 fully saturated rings. The number of nitrogens with one attached hydrogen (secondary N) is 1. The van der Waals surface area contributed by atoms with Crippen molar-refractivity contribution in [3.05, 3.63) is 0 Å². The number of hydrogen-bond donors (Lipinski definition) is 2. The molecule has 0 bridgehead atoms. The number of piperidine rings is 1. The first-order valence-corrected chi connectivity index (χ1v) is 5.77. The molecule has 17 heavy (non-hydrogen) atoms. The van der Waals surface area contributed by atoms with Crippen molar-refractivity contribution in [2.24, 2.45) is 0 Å². The zero-order valence-corrected chi connectivity index (χ0v) is 10.1. The van der Waals surface area contributed by atoms with Crippen molar-refractivity contribution in [2.45, 2.75) is 45.2 Å². The van der Waals surface area contributed by atoms with Crippen molar-refractivity contribution >= 4 is 17.8 Å². The van der Waals surface area contributed by atoms with Crippen LogP contribution in [0.3, 0.4) is 0 Å². The van der Waals surface area contributed by atoms with Crippen LogP contribution in [0.5, 0.6) is 0 Å². The van der Waals surface area contributed by atoms with E-state index in [2.05, 4.69) is 5.32 Å². The van der Waals surface area contributed by atoms with Gasteiger partial charge in [-0.1, -0.05) is 0 Å². The molecule has 0 aliphatic carbocycles. The molecule has 0 radical (unpaired) electrons. The molecular formula is C11H18N2O4. The SMILES string of the molecule is CC(C)NC(=O)C(=O)N1CCCCC1C(=O)O. The van der Waals surface area contributed by atoms with Crippen LogP contribution in [0.1, 0.15) is 33.1 Å². The van der Waals surface area contributed by atoms with Gasteiger partial charge in [-0.05, 0) is 33.1 Å². The average Bonchev–Trinajstić information content (AvgIpc) is 2.27. The maximum Gasteiger partial charge on any atom is 0.326 e. The largest absolute Gasteiger partial charge is 0.480 e. The van der Waals surface area contributed by atoms with Crippen LogP contribution in [0.25, 0.3) is 0 Å². The molecule has 6 nitrogen and oxygen atoms in total. The highest BCUT2D eigenvalue weighted by Crippen LogP contribution is 2.17. The second kappa shape index (κ2) is 5.65. The highest BCUT2D eigenvalue weighted by molar-refractivity contribution is 6.35. The normalized spacial score (nSPS) is 20.2. The Bertz CT molecular complexity index is 327. The molecule has 0 saturated carbocycles. The van der Waals surface area contributed by atoms with Crippen LogP contribution in [-0.2, 0) is 14.4 Å². The molecule has 0 aromatic heterocycles. The van der Waals surface area contributed by atoms with Gasteiger partial charge in [0.15, 0.2) is 0 Å². The maximum absolute atomic E-state index is 11.8. The fourth-order valence-corrected chi connectivity index (χ4v) is 1.89. The van der Waals surface area contributed by atoms with Crippen LogP contribution in [0.4, 0.5) is 0 Å². The predicted molar refractivity (Wildman–Crippen MR) is 60.3 cm³/mol. The van der Waals surface area contributed by atoms with E-state index in [1.54, 1.807) is 13.8 Å². The third-order valence-corrected chi connectivity index (χ3v) is 2.66. The van der Waals surface area contributed by atoms with E-state index < -0.39 is 23.8 Å². The van der Waals surface area contributed by atoms with Gasteiger partial charge in [-0.2, -0.15) is 0 Å². The summed E-state index contributed by atoms with van der Waals surface area (Å²) in [5.74, 6) is -2.52. The Labute approximate surface area is 100.0 Å². The molecule has 96 valence electrons. The molecule has 0 aromatic rings. The van der Waals surface area contributed by atoms with Gasteiger partial charge in [-0.3, -0.25) is 9.59 Å². The van der Waals surface area contributed by atoms with Gasteiger partial charge in [0.25, 0.3) is 0 Å². The lowest BCUT2D eigenvalue weighted by Gasteiger charge is -2.32. The van der Waals surface area contributed by atoms with Gasteiger partial charge < -0.3 is 15.3 Å². The van der Waals surface area contributed by atoms with E-state index in [-0.39, 0.29) is 6.04 Å². The van der Waals surface area contributed by atoms with Gasteiger partial charge in [0.2, 0.25) is 0 Å². The monoisotopic (exact) mass is 242 g/mol. The lowest BCUT2D eigenvalue weighted by molar-refractivity contribution is -0.156. The molecule has 2 amide bonds. The van der Waals surface area contributed by atoms with Crippen LogP contribution < -0.4 is 5.32 Å². The molecule has 0 spiro atoms. The van der Waals surface area contributed by atoms with E-state index in [1.165, 1.54) is 0 Å². The second-order valence-corrected chi connectivity index (χ2v) is 4.48. The summed E-state index contributed by atoms with van der Waals surface area (Å²) >= 11 is 0. The number of carboxylic acid groups (broad SMARTS) is 1. The van der Waals surface area contributed by atoms with Gasteiger partial charge in [-0.15, -0.1) is 0 Å². The fraction of sp³-hybridized carbons (Fsp3) is 0.727. The van der Waals surface area contributed by atoms with Gasteiger partial charge in [0.1, 0.15) is 6.04 Å². The first kappa shape index (κ1) is 13.5. The van der Waals surface area contributed by atoms with Crippen LogP contribution in [-0.4, -0.2) is 46.4 Å². The predicted octanol–water partition coefficient (Wildman–Crippen LogP) is -0.0233. The van der Waals surface area contributed by atoms with Crippen LogP contribution >= 0.6 is 0 Å². The number of amides is 2. The van der Waals surface area contributed by atoms with Crippen molar-refractivity contribution in [1.29, 1.82) is 0 Å². The summed E-state index contributed by atoms with van der Waals surface area (Å²) in [7, 11) is 0. The number of rotatable bonds is 2. The molecule has 1 unspecified atom stereocenters. The van der Waals surface area contributed by atoms with E-state index in [0.29, 0.717) is 13.0 Å². The van der Waals surface area contributed by atoms with Crippen LogP contribution in [0.2, 0.25) is 0 Å². The minimum Gasteiger partial charge on any atom is -0.480 e. The van der Waals surface area contributed by atoms with Crippen LogP contribution in [0, 0.1) is 0 Å². The number of carboxylic acids is 1. The molecule has 1 saturated heterocycles. The first-order chi connectivity index (χ1) is 7.93. The van der Waals surface area contributed by atoms with E-state index in [9.17, 15) is 14.4 Å². The summed E-state index contributed by atoms with van der Waals surface area (Å²) in [6.45, 7) is 3.83. The number of aliphatic carboxylic acids is 1. The summed E-state index contributed by atoms with van der Waals surface area (Å²) in [6, 6.07) is -1.01. The smallest absolute Gasteiger partial charge is 0.326 e. The Hall–Kier alpha value is -1.59. The van der Waals surface area contributed by atoms with E-state index in [4.69, 9.17) is 5.11 Å². The topological polar surface area (TPSA) is 86.7 Å². The molecule has 0 aromatic carbocycles. The van der Waals surface area contributed by atoms with E-state index in [1.807, 2.05) is 0 Å². The molecule has 1 aliphatic rings. The number of hydrogen-bond acceptors (Lipinski definition) is 3. The summed E-state index contributed by atoms with van der Waals surface area (Å²) < 4.78 is 0. The lowest BCUT2D eigenvalue weighted by atomic mass is 10.0. The second-order valence-electron chi connectivity index (χ2n) is 4.48. The van der Waals surface area contributed by atoms with E-state index in [0.717, 1.165) is 17.7 Å². The fourth-order valence-electron chi connectivity index (χ4n) is 1.89. The molecule has 2 N–H and O–H groups in total. The lowest BCUT2D eigenvalue weighted by Crippen LogP contribution is -2.53. The molecule has 1 atom stereocenters. The van der Waals surface area contributed by atoms with Crippen LogP contribution in [0.15, 0.2) is 0 Å². The first-order valence-electron chi connectivity index (χ1n) is 5.77. The quantitative estimate of drug-likeness (QED) is 0.666. The highest BCUT2D eigenvalue weighted by Gasteiger charge is 2.34. The molecule has 1 heterocycles. The Morgan fingerprint density at radius 3 is 2.47 bits per heavy atom. The average molecular weight is 242 g/mol. The van der Waals surface area contributed by atoms with Crippen molar-refractivity contribution in [3.63, 3.8) is 0 Å². The van der Waals surface area contributed by atoms with Crippen molar-refractivity contribution < 1.29 is 19.5 Å². The number of likely N-dealkylation sites (tertiary alicyclic amines) is 1. The van der Waals surface area contributed by atoms with E-state index >= 15 is 0 Å². The molecule has 1 rings (SSSR count). The third kappa shape index (κ3) is 3.44. The summed E-state index contributed by atoms with van der Waals surface area (Å²) in [5.41, 5.74) is 0.